The number of ether oxygens (including phenoxy) is 2. The van der Waals surface area contributed by atoms with Crippen LogP contribution >= 0.6 is 11.9 Å². The minimum absolute atomic E-state index is 0.300. The molecule has 1 aromatic heterocycles. The number of rotatable bonds is 9. The van der Waals surface area contributed by atoms with Gasteiger partial charge in [0.05, 0.1) is 12.0 Å². The summed E-state index contributed by atoms with van der Waals surface area (Å²) in [5, 5.41) is 10.4. The van der Waals surface area contributed by atoms with Crippen molar-refractivity contribution in [3.63, 3.8) is 0 Å². The van der Waals surface area contributed by atoms with Gasteiger partial charge in [-0.3, -0.25) is 4.72 Å². The van der Waals surface area contributed by atoms with Crippen molar-refractivity contribution in [2.75, 3.05) is 18.9 Å². The Bertz CT molecular complexity index is 1040. The van der Waals surface area contributed by atoms with Crippen LogP contribution < -0.4 is 19.5 Å². The van der Waals surface area contributed by atoms with Gasteiger partial charge in [-0.1, -0.05) is 42.5 Å². The van der Waals surface area contributed by atoms with E-state index in [0.717, 1.165) is 11.1 Å². The van der Waals surface area contributed by atoms with Gasteiger partial charge >= 0.3 is 0 Å². The van der Waals surface area contributed by atoms with Crippen molar-refractivity contribution in [2.24, 2.45) is 0 Å². The van der Waals surface area contributed by atoms with E-state index in [1.54, 1.807) is 20.4 Å². The quantitative estimate of drug-likeness (QED) is 0.330. The lowest BCUT2D eigenvalue weighted by atomic mass is 10.1. The van der Waals surface area contributed by atoms with Crippen LogP contribution in [-0.4, -0.2) is 30.3 Å². The molecule has 154 valence electrons. The Hall–Kier alpha value is -3.52. The lowest BCUT2D eigenvalue weighted by Crippen LogP contribution is -2.04. The highest BCUT2D eigenvalue weighted by atomic mass is 32.2. The van der Waals surface area contributed by atoms with Gasteiger partial charge in [0.1, 0.15) is 11.4 Å². The number of para-hydroxylation sites is 1. The molecule has 0 aliphatic rings. The van der Waals surface area contributed by atoms with Crippen molar-refractivity contribution < 1.29 is 9.47 Å². The molecule has 1 heterocycles. The molecule has 3 N–H and O–H groups in total. The molecule has 2 aromatic carbocycles. The van der Waals surface area contributed by atoms with E-state index in [2.05, 4.69) is 20.0 Å². The molecule has 0 saturated heterocycles. The van der Waals surface area contributed by atoms with Crippen LogP contribution in [0, 0.1) is 12.3 Å². The summed E-state index contributed by atoms with van der Waals surface area (Å²) in [5.41, 5.74) is 2.59. The molecule has 0 bridgehead atoms. The van der Waals surface area contributed by atoms with Crippen LogP contribution in [0.15, 0.2) is 65.7 Å². The van der Waals surface area contributed by atoms with E-state index in [9.17, 15) is 0 Å². The van der Waals surface area contributed by atoms with E-state index in [4.69, 9.17) is 14.9 Å². The van der Waals surface area contributed by atoms with Crippen LogP contribution in [0.3, 0.4) is 0 Å². The number of benzene rings is 2. The van der Waals surface area contributed by atoms with Crippen molar-refractivity contribution in [3.05, 3.63) is 71.3 Å². The topological polar surface area (TPSA) is 92.2 Å². The summed E-state index contributed by atoms with van der Waals surface area (Å²) in [7, 11) is 3.35. The fourth-order valence-electron chi connectivity index (χ4n) is 2.70. The molecule has 7 nitrogen and oxygen atoms in total. The molecule has 30 heavy (non-hydrogen) atoms. The summed E-state index contributed by atoms with van der Waals surface area (Å²) in [5.74, 6) is 1.73. The molecule has 3 aromatic rings. The number of allylic oxidation sites excluding steroid dienone is 1. The number of aryl methyl sites for hydroxylation is 1. The second-order valence-corrected chi connectivity index (χ2v) is 7.03. The van der Waals surface area contributed by atoms with Gasteiger partial charge in [-0.15, -0.1) is 0 Å². The molecule has 0 spiro atoms. The van der Waals surface area contributed by atoms with Crippen LogP contribution in [-0.2, 0) is 0 Å². The highest BCUT2D eigenvalue weighted by molar-refractivity contribution is 8.05. The van der Waals surface area contributed by atoms with Crippen LogP contribution in [0.2, 0.25) is 0 Å². The number of methoxy groups -OCH3 is 1. The zero-order valence-corrected chi connectivity index (χ0v) is 17.8. The van der Waals surface area contributed by atoms with Gasteiger partial charge in [0.25, 0.3) is 5.88 Å². The maximum Gasteiger partial charge on any atom is 0.268 e. The Labute approximate surface area is 180 Å². The minimum Gasteiger partial charge on any atom is -0.490 e. The Balaban J connectivity index is 2.07. The molecule has 0 aliphatic carbocycles. The lowest BCUT2D eigenvalue weighted by molar-refractivity contribution is 0.369. The molecular weight excluding hydrogens is 398 g/mol. The highest BCUT2D eigenvalue weighted by Crippen LogP contribution is 2.40. The molecular formula is C22H23N5O2S. The van der Waals surface area contributed by atoms with Crippen molar-refractivity contribution in [1.29, 1.82) is 5.41 Å². The van der Waals surface area contributed by atoms with Gasteiger partial charge in [0.15, 0.2) is 0 Å². The smallest absolute Gasteiger partial charge is 0.268 e. The van der Waals surface area contributed by atoms with Crippen LogP contribution in [0.5, 0.6) is 17.4 Å². The Morgan fingerprint density at radius 3 is 2.47 bits per heavy atom. The fourth-order valence-corrected chi connectivity index (χ4v) is 3.23. The molecule has 8 heteroatoms. The van der Waals surface area contributed by atoms with Gasteiger partial charge in [-0.05, 0) is 36.6 Å². The Kier molecular flexibility index (Phi) is 7.29. The van der Waals surface area contributed by atoms with E-state index in [-0.39, 0.29) is 0 Å². The van der Waals surface area contributed by atoms with Crippen LogP contribution in [0.1, 0.15) is 5.56 Å². The first-order chi connectivity index (χ1) is 14.7. The first kappa shape index (κ1) is 21.2. The lowest BCUT2D eigenvalue weighted by Gasteiger charge is -2.16. The van der Waals surface area contributed by atoms with Gasteiger partial charge in [-0.25, -0.2) is 4.98 Å². The third-order valence-corrected chi connectivity index (χ3v) is 4.84. The maximum absolute atomic E-state index is 7.51. The summed E-state index contributed by atoms with van der Waals surface area (Å²) in [6, 6.07) is 17.3. The third kappa shape index (κ3) is 5.09. The molecule has 0 aliphatic heterocycles. The summed E-state index contributed by atoms with van der Waals surface area (Å²) in [4.78, 5) is 9.85. The zero-order valence-electron chi connectivity index (χ0n) is 17.0. The summed E-state index contributed by atoms with van der Waals surface area (Å²) >= 11 is 1.22. The highest BCUT2D eigenvalue weighted by Gasteiger charge is 2.20. The van der Waals surface area contributed by atoms with E-state index in [1.165, 1.54) is 18.2 Å². The molecule has 0 amide bonds. The maximum atomic E-state index is 7.51. The summed E-state index contributed by atoms with van der Waals surface area (Å²) in [6.45, 7) is 2.01. The molecule has 3 rings (SSSR count). The molecule has 0 unspecified atom stereocenters. The van der Waals surface area contributed by atoms with Crippen molar-refractivity contribution in [3.8, 4) is 28.6 Å². The predicted molar refractivity (Wildman–Crippen MR) is 122 cm³/mol. The van der Waals surface area contributed by atoms with Crippen molar-refractivity contribution in [1.82, 2.24) is 15.3 Å². The normalized spacial score (nSPS) is 11.0. The summed E-state index contributed by atoms with van der Waals surface area (Å²) in [6.07, 6.45) is 2.94. The number of aromatic nitrogens is 2. The first-order valence-electron chi connectivity index (χ1n) is 9.22. The number of nitrogens with zero attached hydrogens (tertiary/aromatic N) is 2. The van der Waals surface area contributed by atoms with Crippen LogP contribution in [0.4, 0.5) is 5.95 Å². The number of hydrogen-bond donors (Lipinski definition) is 3. The van der Waals surface area contributed by atoms with Crippen molar-refractivity contribution >= 4 is 24.1 Å². The summed E-state index contributed by atoms with van der Waals surface area (Å²) < 4.78 is 14.8. The fraction of sp³-hybridized carbons (Fsp3) is 0.136. The van der Waals surface area contributed by atoms with Crippen molar-refractivity contribution in [2.45, 2.75) is 6.92 Å². The monoisotopic (exact) mass is 421 g/mol. The molecule has 0 radical (unpaired) electrons. The zero-order chi connectivity index (χ0) is 21.3. The van der Waals surface area contributed by atoms with E-state index in [0.29, 0.717) is 33.9 Å². The average molecular weight is 422 g/mol. The van der Waals surface area contributed by atoms with E-state index in [1.807, 2.05) is 61.5 Å². The molecule has 0 atom stereocenters. The number of nitrogens with one attached hydrogen (secondary N) is 3. The standard InChI is InChI=1S/C22H23N5O2S/c1-15-9-7-8-12-18(15)19-20(28-3)21(29-16-10-5-4-6-11-16)26-22(25-19)27-30-17(13-23)14-24-2/h4-14,23-24H,1-3H3,(H,25,26,27)/b17-14+,23-13?. The van der Waals surface area contributed by atoms with E-state index < -0.39 is 0 Å². The SMILES string of the molecule is CN/C=C(\C=N)SNc1nc(Oc2ccccc2)c(OC)c(-c2ccccc2C)n1. The Morgan fingerprint density at radius 2 is 1.80 bits per heavy atom. The average Bonchev–Trinajstić information content (AvgIpc) is 2.77. The largest absolute Gasteiger partial charge is 0.490 e. The van der Waals surface area contributed by atoms with Crippen LogP contribution in [0.25, 0.3) is 11.3 Å². The number of anilines is 1. The van der Waals surface area contributed by atoms with Gasteiger partial charge in [-0.2, -0.15) is 4.98 Å². The predicted octanol–water partition coefficient (Wildman–Crippen LogP) is 5.02. The van der Waals surface area contributed by atoms with Gasteiger partial charge in [0.2, 0.25) is 11.7 Å². The second kappa shape index (κ2) is 10.3. The second-order valence-electron chi connectivity index (χ2n) is 6.15. The van der Waals surface area contributed by atoms with Gasteiger partial charge in [0, 0.05) is 25.0 Å². The third-order valence-electron chi connectivity index (χ3n) is 4.09. The molecule has 0 fully saturated rings. The molecule has 0 saturated carbocycles. The minimum atomic E-state index is 0.300. The Morgan fingerprint density at radius 1 is 1.07 bits per heavy atom. The number of hydrogen-bond acceptors (Lipinski definition) is 8. The van der Waals surface area contributed by atoms with E-state index >= 15 is 0 Å². The first-order valence-corrected chi connectivity index (χ1v) is 10.0. The van der Waals surface area contributed by atoms with Gasteiger partial charge < -0.3 is 20.2 Å².